The third kappa shape index (κ3) is 2.93. The molecule has 2 aliphatic heterocycles. The van der Waals surface area contributed by atoms with Crippen LogP contribution in [0, 0.1) is 11.3 Å². The Morgan fingerprint density at radius 2 is 2.00 bits per heavy atom. The van der Waals surface area contributed by atoms with Crippen LogP contribution in [0.4, 0.5) is 0 Å². The first kappa shape index (κ1) is 18.2. The van der Waals surface area contributed by atoms with Crippen LogP contribution in [0.3, 0.4) is 0 Å². The lowest BCUT2D eigenvalue weighted by atomic mass is 9.83. The number of hydrogen-bond donors (Lipinski definition) is 1. The zero-order valence-corrected chi connectivity index (χ0v) is 16.9. The summed E-state index contributed by atoms with van der Waals surface area (Å²) in [5.41, 5.74) is 10.4. The Morgan fingerprint density at radius 3 is 2.65 bits per heavy atom. The molecule has 3 aromatic rings. The highest BCUT2D eigenvalue weighted by Crippen LogP contribution is 2.50. The van der Waals surface area contributed by atoms with Crippen LogP contribution in [-0.2, 0) is 4.74 Å². The fraction of sp³-hybridized carbons (Fsp3) is 0.348. The van der Waals surface area contributed by atoms with E-state index in [1.165, 1.54) is 0 Å². The van der Waals surface area contributed by atoms with Gasteiger partial charge >= 0.3 is 0 Å². The molecule has 31 heavy (non-hydrogen) atoms. The smallest absolute Gasteiger partial charge is 0.224 e. The van der Waals surface area contributed by atoms with Crippen molar-refractivity contribution in [2.75, 3.05) is 6.61 Å². The Morgan fingerprint density at radius 1 is 1.16 bits per heavy atom. The van der Waals surface area contributed by atoms with Crippen LogP contribution in [0.25, 0.3) is 5.69 Å². The first-order chi connectivity index (χ1) is 15.2. The molecule has 4 heterocycles. The fourth-order valence-electron chi connectivity index (χ4n) is 4.57. The van der Waals surface area contributed by atoms with E-state index in [0.717, 1.165) is 54.8 Å². The summed E-state index contributed by atoms with van der Waals surface area (Å²) in [5, 5.41) is 14.9. The molecule has 1 saturated heterocycles. The molecule has 1 aromatic carbocycles. The first-order valence-electron chi connectivity index (χ1n) is 10.6. The van der Waals surface area contributed by atoms with Crippen molar-refractivity contribution in [2.24, 2.45) is 5.73 Å². The van der Waals surface area contributed by atoms with Crippen LogP contribution in [0.1, 0.15) is 60.6 Å². The highest BCUT2D eigenvalue weighted by Gasteiger charge is 2.42. The van der Waals surface area contributed by atoms with Gasteiger partial charge in [-0.3, -0.25) is 0 Å². The summed E-state index contributed by atoms with van der Waals surface area (Å²) in [6, 6.07) is 10.7. The van der Waals surface area contributed by atoms with Crippen molar-refractivity contribution < 1.29 is 9.47 Å². The van der Waals surface area contributed by atoms with Gasteiger partial charge in [0.1, 0.15) is 17.7 Å². The highest BCUT2D eigenvalue weighted by atomic mass is 16.5. The number of ether oxygens (including phenoxy) is 2. The maximum atomic E-state index is 9.97. The average molecular weight is 414 g/mol. The van der Waals surface area contributed by atoms with E-state index in [1.807, 2.05) is 39.7 Å². The number of benzene rings is 1. The second-order valence-corrected chi connectivity index (χ2v) is 8.27. The van der Waals surface area contributed by atoms with Crippen LogP contribution >= 0.6 is 0 Å². The normalized spacial score (nSPS) is 22.8. The van der Waals surface area contributed by atoms with E-state index in [-0.39, 0.29) is 17.9 Å². The summed E-state index contributed by atoms with van der Waals surface area (Å²) in [6.07, 6.45) is 9.39. The molecule has 2 atom stereocenters. The minimum atomic E-state index is -0.336. The number of nitriles is 1. The van der Waals surface area contributed by atoms with Gasteiger partial charge in [0, 0.05) is 24.7 Å². The lowest BCUT2D eigenvalue weighted by Crippen LogP contribution is -2.22. The van der Waals surface area contributed by atoms with Crippen LogP contribution in [0.2, 0.25) is 0 Å². The number of rotatable bonds is 4. The Kier molecular flexibility index (Phi) is 4.11. The summed E-state index contributed by atoms with van der Waals surface area (Å²) in [5.74, 6) is 0.477. The number of hydrogen-bond acceptors (Lipinski definition) is 6. The van der Waals surface area contributed by atoms with Gasteiger partial charge in [0.05, 0.1) is 29.5 Å². The van der Waals surface area contributed by atoms with Gasteiger partial charge in [-0.25, -0.2) is 9.67 Å². The summed E-state index contributed by atoms with van der Waals surface area (Å²) < 4.78 is 15.9. The van der Waals surface area contributed by atoms with E-state index in [1.54, 1.807) is 12.5 Å². The van der Waals surface area contributed by atoms with E-state index in [4.69, 9.17) is 20.3 Å². The van der Waals surface area contributed by atoms with E-state index in [2.05, 4.69) is 11.1 Å². The van der Waals surface area contributed by atoms with Crippen LogP contribution in [0.15, 0.2) is 54.4 Å². The van der Waals surface area contributed by atoms with Crippen LogP contribution in [-0.4, -0.2) is 25.9 Å². The molecule has 0 spiro atoms. The Bertz CT molecular complexity index is 1190. The van der Waals surface area contributed by atoms with Crippen molar-refractivity contribution in [1.29, 1.82) is 5.26 Å². The molecule has 2 fully saturated rings. The molecule has 3 aliphatic rings. The molecule has 0 bridgehead atoms. The first-order valence-corrected chi connectivity index (χ1v) is 10.6. The second kappa shape index (κ2) is 7.00. The van der Waals surface area contributed by atoms with Gasteiger partial charge in [-0.15, -0.1) is 0 Å². The van der Waals surface area contributed by atoms with Gasteiger partial charge in [0.15, 0.2) is 0 Å². The molecule has 1 saturated carbocycles. The number of nitrogens with zero attached hydrogens (tertiary/aromatic N) is 5. The summed E-state index contributed by atoms with van der Waals surface area (Å²) in [6.45, 7) is 0.726. The molecule has 2 unspecified atom stereocenters. The van der Waals surface area contributed by atoms with E-state index in [0.29, 0.717) is 17.5 Å². The van der Waals surface area contributed by atoms with Gasteiger partial charge < -0.3 is 19.8 Å². The molecule has 8 nitrogen and oxygen atoms in total. The van der Waals surface area contributed by atoms with Crippen molar-refractivity contribution in [2.45, 2.75) is 43.7 Å². The largest absolute Gasteiger partial charge is 0.422 e. The van der Waals surface area contributed by atoms with Gasteiger partial charge in [-0.1, -0.05) is 12.1 Å². The standard InChI is InChI=1S/C23H22N6O2/c24-12-17-19(14-3-5-15(6-4-14)28-10-9-26-13-28)20-21(18-2-1-11-30-18)27-29(16-7-8-16)23(20)31-22(17)25/h3-6,9-10,13,16,18-19H,1-2,7-8,11,25H2. The average Bonchev–Trinajstić information content (AvgIpc) is 3.20. The Hall–Kier alpha value is -3.57. The summed E-state index contributed by atoms with van der Waals surface area (Å²) in [7, 11) is 0. The van der Waals surface area contributed by atoms with Crippen LogP contribution < -0.4 is 10.5 Å². The van der Waals surface area contributed by atoms with Crippen molar-refractivity contribution in [3.8, 4) is 17.6 Å². The molecular weight excluding hydrogens is 392 g/mol. The summed E-state index contributed by atoms with van der Waals surface area (Å²) in [4.78, 5) is 4.11. The fourth-order valence-corrected chi connectivity index (χ4v) is 4.57. The lowest BCUT2D eigenvalue weighted by Gasteiger charge is -2.26. The number of allylic oxidation sites excluding steroid dienone is 1. The van der Waals surface area contributed by atoms with Crippen molar-refractivity contribution in [3.63, 3.8) is 0 Å². The zero-order valence-electron chi connectivity index (χ0n) is 16.9. The topological polar surface area (TPSA) is 104 Å². The molecule has 0 amide bonds. The van der Waals surface area contributed by atoms with Gasteiger partial charge in [0.25, 0.3) is 0 Å². The van der Waals surface area contributed by atoms with Crippen molar-refractivity contribution >= 4 is 0 Å². The molecule has 6 rings (SSSR count). The second-order valence-electron chi connectivity index (χ2n) is 8.27. The zero-order chi connectivity index (χ0) is 20.9. The minimum Gasteiger partial charge on any atom is -0.422 e. The molecule has 2 N–H and O–H groups in total. The molecule has 8 heteroatoms. The van der Waals surface area contributed by atoms with Crippen molar-refractivity contribution in [1.82, 2.24) is 19.3 Å². The Labute approximate surface area is 179 Å². The third-order valence-corrected chi connectivity index (χ3v) is 6.26. The predicted molar refractivity (Wildman–Crippen MR) is 111 cm³/mol. The minimum absolute atomic E-state index is 0.0793. The molecule has 1 aliphatic carbocycles. The van der Waals surface area contributed by atoms with E-state index in [9.17, 15) is 5.26 Å². The number of fused-ring (bicyclic) bond motifs is 1. The Balaban J connectivity index is 1.50. The quantitative estimate of drug-likeness (QED) is 0.701. The highest BCUT2D eigenvalue weighted by molar-refractivity contribution is 5.57. The summed E-state index contributed by atoms with van der Waals surface area (Å²) >= 11 is 0. The van der Waals surface area contributed by atoms with Crippen molar-refractivity contribution in [3.05, 3.63) is 71.3 Å². The molecule has 156 valence electrons. The third-order valence-electron chi connectivity index (χ3n) is 6.26. The van der Waals surface area contributed by atoms with E-state index < -0.39 is 0 Å². The van der Waals surface area contributed by atoms with Gasteiger partial charge in [0.2, 0.25) is 11.8 Å². The maximum Gasteiger partial charge on any atom is 0.224 e. The van der Waals surface area contributed by atoms with Crippen LogP contribution in [0.5, 0.6) is 5.88 Å². The molecule has 2 aromatic heterocycles. The van der Waals surface area contributed by atoms with E-state index >= 15 is 0 Å². The monoisotopic (exact) mass is 414 g/mol. The number of nitrogens with two attached hydrogens (primary N) is 1. The number of aromatic nitrogens is 4. The molecular formula is C23H22N6O2. The lowest BCUT2D eigenvalue weighted by molar-refractivity contribution is 0.107. The predicted octanol–water partition coefficient (Wildman–Crippen LogP) is 3.47. The van der Waals surface area contributed by atoms with Gasteiger partial charge in [-0.05, 0) is 43.4 Å². The SMILES string of the molecule is N#CC1=C(N)Oc2c(c(C3CCCO3)nn2C2CC2)C1c1ccc(-n2ccnc2)cc1. The van der Waals surface area contributed by atoms with Gasteiger partial charge in [-0.2, -0.15) is 10.4 Å². The molecule has 0 radical (unpaired) electrons. The number of imidazole rings is 1. The maximum absolute atomic E-state index is 9.97.